The standard InChI is InChI=1S/C20H24N2O5/c1-5-21(13-15-7-10-18(27-6-2)19(12-15)26-4)20(23)16-8-9-17(22(24)25)14(3)11-16/h7-12H,5-6,13H2,1-4H3. The molecule has 2 aromatic carbocycles. The molecule has 0 aliphatic heterocycles. The number of aryl methyl sites for hydroxylation is 1. The van der Waals surface area contributed by atoms with Gasteiger partial charge in [-0.25, -0.2) is 0 Å². The third-order valence-electron chi connectivity index (χ3n) is 4.21. The van der Waals surface area contributed by atoms with Gasteiger partial charge in [0.2, 0.25) is 0 Å². The normalized spacial score (nSPS) is 10.4. The predicted molar refractivity (Wildman–Crippen MR) is 102 cm³/mol. The molecule has 144 valence electrons. The highest BCUT2D eigenvalue weighted by atomic mass is 16.6. The molecule has 0 aliphatic rings. The van der Waals surface area contributed by atoms with E-state index in [4.69, 9.17) is 9.47 Å². The van der Waals surface area contributed by atoms with Gasteiger partial charge in [-0.2, -0.15) is 0 Å². The van der Waals surface area contributed by atoms with Crippen LogP contribution >= 0.6 is 0 Å². The molecule has 2 rings (SSSR count). The summed E-state index contributed by atoms with van der Waals surface area (Å²) < 4.78 is 10.9. The van der Waals surface area contributed by atoms with Crippen LogP contribution in [0.5, 0.6) is 11.5 Å². The maximum atomic E-state index is 12.8. The second kappa shape index (κ2) is 9.02. The van der Waals surface area contributed by atoms with Crippen LogP contribution < -0.4 is 9.47 Å². The van der Waals surface area contributed by atoms with E-state index in [-0.39, 0.29) is 11.6 Å². The van der Waals surface area contributed by atoms with E-state index in [1.807, 2.05) is 32.0 Å². The molecule has 27 heavy (non-hydrogen) atoms. The smallest absolute Gasteiger partial charge is 0.272 e. The Morgan fingerprint density at radius 2 is 1.89 bits per heavy atom. The number of nitro groups is 1. The van der Waals surface area contributed by atoms with Crippen molar-refractivity contribution < 1.29 is 19.2 Å². The van der Waals surface area contributed by atoms with Gasteiger partial charge < -0.3 is 14.4 Å². The Morgan fingerprint density at radius 3 is 2.44 bits per heavy atom. The van der Waals surface area contributed by atoms with Crippen molar-refractivity contribution in [1.82, 2.24) is 4.90 Å². The van der Waals surface area contributed by atoms with Crippen molar-refractivity contribution in [3.05, 3.63) is 63.2 Å². The van der Waals surface area contributed by atoms with Crippen molar-refractivity contribution in [2.24, 2.45) is 0 Å². The zero-order valence-corrected chi connectivity index (χ0v) is 16.0. The Morgan fingerprint density at radius 1 is 1.15 bits per heavy atom. The van der Waals surface area contributed by atoms with E-state index in [2.05, 4.69) is 0 Å². The summed E-state index contributed by atoms with van der Waals surface area (Å²) in [7, 11) is 1.57. The Labute approximate surface area is 158 Å². The number of methoxy groups -OCH3 is 1. The summed E-state index contributed by atoms with van der Waals surface area (Å²) in [6.07, 6.45) is 0. The van der Waals surface area contributed by atoms with Gasteiger partial charge in [-0.15, -0.1) is 0 Å². The fourth-order valence-corrected chi connectivity index (χ4v) is 2.81. The Balaban J connectivity index is 2.23. The Kier molecular flexibility index (Phi) is 6.76. The molecule has 0 saturated carbocycles. The summed E-state index contributed by atoms with van der Waals surface area (Å²) in [5, 5.41) is 11.0. The molecule has 0 saturated heterocycles. The first-order valence-electron chi connectivity index (χ1n) is 8.75. The minimum absolute atomic E-state index is 0.00541. The number of ether oxygens (including phenoxy) is 2. The van der Waals surface area contributed by atoms with Gasteiger partial charge in [0.25, 0.3) is 11.6 Å². The molecule has 0 heterocycles. The highest BCUT2D eigenvalue weighted by molar-refractivity contribution is 5.94. The molecule has 0 atom stereocenters. The number of rotatable bonds is 8. The Bertz CT molecular complexity index is 835. The SMILES string of the molecule is CCOc1ccc(CN(CC)C(=O)c2ccc([N+](=O)[O-])c(C)c2)cc1OC. The first kappa shape index (κ1) is 20.2. The van der Waals surface area contributed by atoms with Crippen LogP contribution in [0.4, 0.5) is 5.69 Å². The van der Waals surface area contributed by atoms with Gasteiger partial charge in [0.1, 0.15) is 0 Å². The molecule has 0 aliphatic carbocycles. The fraction of sp³-hybridized carbons (Fsp3) is 0.350. The average molecular weight is 372 g/mol. The van der Waals surface area contributed by atoms with Gasteiger partial charge in [-0.1, -0.05) is 6.07 Å². The zero-order valence-electron chi connectivity index (χ0n) is 16.0. The maximum absolute atomic E-state index is 12.8. The second-order valence-electron chi connectivity index (χ2n) is 6.00. The lowest BCUT2D eigenvalue weighted by Crippen LogP contribution is -2.30. The van der Waals surface area contributed by atoms with E-state index in [9.17, 15) is 14.9 Å². The molecule has 0 bridgehead atoms. The molecule has 7 heteroatoms. The van der Waals surface area contributed by atoms with Crippen molar-refractivity contribution in [2.75, 3.05) is 20.3 Å². The number of hydrogen-bond acceptors (Lipinski definition) is 5. The van der Waals surface area contributed by atoms with E-state index >= 15 is 0 Å². The first-order chi connectivity index (χ1) is 12.9. The lowest BCUT2D eigenvalue weighted by molar-refractivity contribution is -0.385. The number of hydrogen-bond donors (Lipinski definition) is 0. The van der Waals surface area contributed by atoms with E-state index in [0.29, 0.717) is 42.3 Å². The minimum Gasteiger partial charge on any atom is -0.493 e. The molecule has 0 N–H and O–H groups in total. The van der Waals surface area contributed by atoms with Crippen LogP contribution in [-0.2, 0) is 6.54 Å². The third kappa shape index (κ3) is 4.75. The summed E-state index contributed by atoms with van der Waals surface area (Å²) in [6.45, 7) is 6.86. The van der Waals surface area contributed by atoms with E-state index < -0.39 is 4.92 Å². The van der Waals surface area contributed by atoms with Gasteiger partial charge in [0.15, 0.2) is 11.5 Å². The zero-order chi connectivity index (χ0) is 20.0. The number of amides is 1. The van der Waals surface area contributed by atoms with Gasteiger partial charge in [0.05, 0.1) is 18.6 Å². The largest absolute Gasteiger partial charge is 0.493 e. The van der Waals surface area contributed by atoms with Crippen LogP contribution in [0.1, 0.15) is 35.3 Å². The fourth-order valence-electron chi connectivity index (χ4n) is 2.81. The molecule has 0 spiro atoms. The van der Waals surface area contributed by atoms with Gasteiger partial charge in [-0.3, -0.25) is 14.9 Å². The maximum Gasteiger partial charge on any atom is 0.272 e. The van der Waals surface area contributed by atoms with Crippen LogP contribution in [0, 0.1) is 17.0 Å². The molecule has 0 aromatic heterocycles. The van der Waals surface area contributed by atoms with Crippen molar-refractivity contribution in [3.63, 3.8) is 0 Å². The Hall–Kier alpha value is -3.09. The number of nitrogens with zero attached hydrogens (tertiary/aromatic N) is 2. The van der Waals surface area contributed by atoms with Gasteiger partial charge >= 0.3 is 0 Å². The number of nitro benzene ring substituents is 1. The molecule has 0 radical (unpaired) electrons. The monoisotopic (exact) mass is 372 g/mol. The van der Waals surface area contributed by atoms with Crippen molar-refractivity contribution in [1.29, 1.82) is 0 Å². The molecule has 1 amide bonds. The lowest BCUT2D eigenvalue weighted by atomic mass is 10.1. The topological polar surface area (TPSA) is 81.9 Å². The second-order valence-corrected chi connectivity index (χ2v) is 6.00. The van der Waals surface area contributed by atoms with Crippen molar-refractivity contribution in [2.45, 2.75) is 27.3 Å². The summed E-state index contributed by atoms with van der Waals surface area (Å²) >= 11 is 0. The van der Waals surface area contributed by atoms with Crippen LogP contribution in [0.3, 0.4) is 0 Å². The van der Waals surface area contributed by atoms with E-state index in [1.54, 1.807) is 25.0 Å². The molecular weight excluding hydrogens is 348 g/mol. The predicted octanol–water partition coefficient (Wildman–Crippen LogP) is 3.97. The van der Waals surface area contributed by atoms with Gasteiger partial charge in [0, 0.05) is 30.3 Å². The highest BCUT2D eigenvalue weighted by Crippen LogP contribution is 2.29. The minimum atomic E-state index is -0.451. The summed E-state index contributed by atoms with van der Waals surface area (Å²) in [4.78, 5) is 25.0. The van der Waals surface area contributed by atoms with Gasteiger partial charge in [-0.05, 0) is 50.6 Å². The molecule has 0 fully saturated rings. The molecule has 2 aromatic rings. The summed E-state index contributed by atoms with van der Waals surface area (Å²) in [5.41, 5.74) is 1.80. The quantitative estimate of drug-likeness (QED) is 0.517. The highest BCUT2D eigenvalue weighted by Gasteiger charge is 2.19. The van der Waals surface area contributed by atoms with Crippen LogP contribution in [0.25, 0.3) is 0 Å². The lowest BCUT2D eigenvalue weighted by Gasteiger charge is -2.22. The third-order valence-corrected chi connectivity index (χ3v) is 4.21. The average Bonchev–Trinajstić information content (AvgIpc) is 2.66. The van der Waals surface area contributed by atoms with Crippen LogP contribution in [-0.4, -0.2) is 36.0 Å². The first-order valence-corrected chi connectivity index (χ1v) is 8.75. The molecule has 0 unspecified atom stereocenters. The summed E-state index contributed by atoms with van der Waals surface area (Å²) in [6, 6.07) is 9.99. The number of carbonyl (C=O) groups excluding carboxylic acids is 1. The van der Waals surface area contributed by atoms with E-state index in [0.717, 1.165) is 5.56 Å². The van der Waals surface area contributed by atoms with E-state index in [1.165, 1.54) is 12.1 Å². The molecule has 7 nitrogen and oxygen atoms in total. The summed E-state index contributed by atoms with van der Waals surface area (Å²) in [5.74, 6) is 1.09. The van der Waals surface area contributed by atoms with Crippen molar-refractivity contribution >= 4 is 11.6 Å². The number of carbonyl (C=O) groups is 1. The van der Waals surface area contributed by atoms with Crippen molar-refractivity contribution in [3.8, 4) is 11.5 Å². The molecular formula is C20H24N2O5. The van der Waals surface area contributed by atoms with Crippen LogP contribution in [0.2, 0.25) is 0 Å². The number of benzene rings is 2. The van der Waals surface area contributed by atoms with Crippen LogP contribution in [0.15, 0.2) is 36.4 Å².